The third-order valence-corrected chi connectivity index (χ3v) is 19.4. The third-order valence-electron chi connectivity index (χ3n) is 16.6. The van der Waals surface area contributed by atoms with Crippen LogP contribution in [-0.2, 0) is 42.3 Å². The van der Waals surface area contributed by atoms with E-state index in [1.54, 1.807) is 48.5 Å². The average Bonchev–Trinajstić information content (AvgIpc) is 3.33. The van der Waals surface area contributed by atoms with Gasteiger partial charge in [0, 0.05) is 11.1 Å². The SMILES string of the molecule is CCC(C)(C)c1cc(C(C)(C)CC)c2cc(OP(Oc3ccc(S(=O)(=O)c4ccccc4)cc3)Oc3cc4c(C(C)(C)CC)cc(C(C)(C)CC)cc4cc3C(C)(C)CC)c(C(C)(C)CC)cc2c1. The van der Waals surface area contributed by atoms with E-state index in [1.165, 1.54) is 33.0 Å². The van der Waals surface area contributed by atoms with Crippen LogP contribution in [0, 0.1) is 0 Å². The van der Waals surface area contributed by atoms with E-state index in [2.05, 4.69) is 173 Å². The Labute approximate surface area is 419 Å². The summed E-state index contributed by atoms with van der Waals surface area (Å²) in [5, 5.41) is 4.72. The van der Waals surface area contributed by atoms with E-state index in [9.17, 15) is 8.42 Å². The quantitative estimate of drug-likeness (QED) is 0.0714. The van der Waals surface area contributed by atoms with E-state index >= 15 is 0 Å². The van der Waals surface area contributed by atoms with Crippen molar-refractivity contribution in [3.63, 3.8) is 0 Å². The molecule has 0 unspecified atom stereocenters. The Balaban J connectivity index is 1.63. The highest BCUT2D eigenvalue weighted by molar-refractivity contribution is 7.91. The number of fused-ring (bicyclic) bond motifs is 2. The minimum absolute atomic E-state index is 0.00183. The molecule has 6 aromatic rings. The molecule has 6 rings (SSSR count). The fraction of sp³-hybridized carbons (Fsp3) is 0.484. The summed E-state index contributed by atoms with van der Waals surface area (Å²) < 4.78 is 49.1. The molecule has 0 bridgehead atoms. The number of benzene rings is 6. The lowest BCUT2D eigenvalue weighted by Gasteiger charge is -2.33. The first-order valence-electron chi connectivity index (χ1n) is 25.6. The second-order valence-electron chi connectivity index (χ2n) is 23.4. The van der Waals surface area contributed by atoms with Gasteiger partial charge in [0.25, 0.3) is 0 Å². The normalized spacial score (nSPS) is 13.4. The van der Waals surface area contributed by atoms with Gasteiger partial charge in [0.2, 0.25) is 9.84 Å². The number of hydrogen-bond donors (Lipinski definition) is 0. The van der Waals surface area contributed by atoms with Crippen LogP contribution in [0.15, 0.2) is 113 Å². The largest absolute Gasteiger partial charge is 0.530 e. The summed E-state index contributed by atoms with van der Waals surface area (Å²) in [5.41, 5.74) is 6.68. The molecule has 0 atom stereocenters. The van der Waals surface area contributed by atoms with Crippen molar-refractivity contribution in [2.24, 2.45) is 0 Å². The van der Waals surface area contributed by atoms with Crippen molar-refractivity contribution >= 4 is 40.0 Å². The molecule has 0 aliphatic carbocycles. The molecule has 0 fully saturated rings. The second-order valence-corrected chi connectivity index (χ2v) is 26.3. The Kier molecular flexibility index (Phi) is 15.7. The van der Waals surface area contributed by atoms with Crippen molar-refractivity contribution in [1.82, 2.24) is 0 Å². The van der Waals surface area contributed by atoms with Crippen LogP contribution in [0.1, 0.15) is 197 Å². The first-order chi connectivity index (χ1) is 32.1. The maximum Gasteiger partial charge on any atom is 0.530 e. The zero-order valence-corrected chi connectivity index (χ0v) is 47.2. The maximum atomic E-state index is 13.7. The molecule has 0 N–H and O–H groups in total. The maximum absolute atomic E-state index is 13.7. The standard InChI is InChI=1S/C62H83O5PS/c1-19-57(7,8)44-34-42-36-53(61(15,16)23-5)55(40-49(42)51(38-44)59(11,12)21-3)66-68(65-46-30-32-48(33-31-46)69(63,64)47-28-26-25-27-29-47)67-56-41-50-43(37-54(56)62(17,18)24-6)35-45(58(9,10)20-2)39-52(50)60(13,14)22-4/h25-41H,19-24H2,1-18H3. The lowest BCUT2D eigenvalue weighted by molar-refractivity contribution is 0.372. The van der Waals surface area contributed by atoms with E-state index in [0.717, 1.165) is 71.9 Å². The first-order valence-corrected chi connectivity index (χ1v) is 28.2. The molecule has 0 spiro atoms. The Morgan fingerprint density at radius 3 is 1.10 bits per heavy atom. The molecule has 5 nitrogen and oxygen atoms in total. The van der Waals surface area contributed by atoms with Gasteiger partial charge in [0.1, 0.15) is 17.2 Å². The van der Waals surface area contributed by atoms with Crippen molar-refractivity contribution in [1.29, 1.82) is 0 Å². The molecule has 0 amide bonds. The van der Waals surface area contributed by atoms with Crippen LogP contribution in [0.2, 0.25) is 0 Å². The summed E-state index contributed by atoms with van der Waals surface area (Å²) in [6, 6.07) is 34.0. The number of hydrogen-bond acceptors (Lipinski definition) is 5. The molecule has 6 aromatic carbocycles. The van der Waals surface area contributed by atoms with E-state index in [4.69, 9.17) is 13.6 Å². The molecular formula is C62H83O5PS. The monoisotopic (exact) mass is 971 g/mol. The fourth-order valence-corrected chi connectivity index (χ4v) is 11.1. The van der Waals surface area contributed by atoms with Crippen LogP contribution in [0.4, 0.5) is 0 Å². The summed E-state index contributed by atoms with van der Waals surface area (Å²) >= 11 is 0. The minimum atomic E-state index is -3.75. The fourth-order valence-electron chi connectivity index (χ4n) is 8.78. The summed E-state index contributed by atoms with van der Waals surface area (Å²) in [7, 11) is -5.96. The topological polar surface area (TPSA) is 61.8 Å². The van der Waals surface area contributed by atoms with Gasteiger partial charge in [-0.1, -0.05) is 167 Å². The van der Waals surface area contributed by atoms with E-state index in [-0.39, 0.29) is 42.3 Å². The predicted octanol–water partition coefficient (Wildman–Crippen LogP) is 18.7. The highest BCUT2D eigenvalue weighted by atomic mass is 32.2. The summed E-state index contributed by atoms with van der Waals surface area (Å²) in [5.74, 6) is 1.88. The number of sulfone groups is 1. The van der Waals surface area contributed by atoms with Crippen LogP contribution in [0.3, 0.4) is 0 Å². The first kappa shape index (κ1) is 54.0. The van der Waals surface area contributed by atoms with Gasteiger partial charge >= 0.3 is 8.60 Å². The molecule has 0 saturated heterocycles. The third kappa shape index (κ3) is 11.1. The van der Waals surface area contributed by atoms with Crippen LogP contribution in [-0.4, -0.2) is 8.42 Å². The lowest BCUT2D eigenvalue weighted by Crippen LogP contribution is -2.22. The highest BCUT2D eigenvalue weighted by Gasteiger charge is 2.35. The second kappa shape index (κ2) is 20.0. The molecule has 0 aliphatic rings. The Morgan fingerprint density at radius 1 is 0.391 bits per heavy atom. The molecule has 0 aliphatic heterocycles. The van der Waals surface area contributed by atoms with E-state index in [1.807, 2.05) is 6.07 Å². The Morgan fingerprint density at radius 2 is 0.739 bits per heavy atom. The van der Waals surface area contributed by atoms with Crippen LogP contribution in [0.25, 0.3) is 21.5 Å². The van der Waals surface area contributed by atoms with Gasteiger partial charge in [-0.3, -0.25) is 0 Å². The van der Waals surface area contributed by atoms with E-state index in [0.29, 0.717) is 5.75 Å². The van der Waals surface area contributed by atoms with Crippen molar-refractivity contribution in [3.05, 3.63) is 137 Å². The molecule has 0 saturated carbocycles. The van der Waals surface area contributed by atoms with Crippen molar-refractivity contribution < 1.29 is 22.0 Å². The van der Waals surface area contributed by atoms with Gasteiger partial charge in [0.05, 0.1) is 9.79 Å². The smallest absolute Gasteiger partial charge is 0.409 e. The lowest BCUT2D eigenvalue weighted by atomic mass is 9.73. The van der Waals surface area contributed by atoms with Gasteiger partial charge in [-0.2, -0.15) is 0 Å². The van der Waals surface area contributed by atoms with Gasteiger partial charge in [-0.05, 0) is 175 Å². The van der Waals surface area contributed by atoms with Crippen molar-refractivity contribution in [2.45, 2.75) is 205 Å². The Bertz CT molecular complexity index is 2750. The molecule has 0 heterocycles. The number of rotatable bonds is 20. The molecule has 0 radical (unpaired) electrons. The average molecular weight is 971 g/mol. The predicted molar refractivity (Wildman–Crippen MR) is 295 cm³/mol. The van der Waals surface area contributed by atoms with Gasteiger partial charge in [0.15, 0.2) is 0 Å². The Hall–Kier alpha value is -4.38. The zero-order chi connectivity index (χ0) is 51.1. The van der Waals surface area contributed by atoms with Gasteiger partial charge < -0.3 is 13.6 Å². The molecule has 7 heteroatoms. The zero-order valence-electron chi connectivity index (χ0n) is 45.5. The summed E-state index contributed by atoms with van der Waals surface area (Å²) in [6.07, 6.45) is 5.75. The van der Waals surface area contributed by atoms with Crippen LogP contribution >= 0.6 is 8.60 Å². The minimum Gasteiger partial charge on any atom is -0.409 e. The summed E-state index contributed by atoms with van der Waals surface area (Å²) in [6.45, 7) is 41.4. The molecule has 372 valence electrons. The van der Waals surface area contributed by atoms with Crippen molar-refractivity contribution in [3.8, 4) is 17.2 Å². The molecular weight excluding hydrogens is 888 g/mol. The summed E-state index contributed by atoms with van der Waals surface area (Å²) in [4.78, 5) is 0.424. The van der Waals surface area contributed by atoms with Gasteiger partial charge in [-0.25, -0.2) is 8.42 Å². The van der Waals surface area contributed by atoms with Gasteiger partial charge in [-0.15, -0.1) is 0 Å². The van der Waals surface area contributed by atoms with E-state index < -0.39 is 18.4 Å². The molecule has 0 aromatic heterocycles. The highest BCUT2D eigenvalue weighted by Crippen LogP contribution is 2.52. The van der Waals surface area contributed by atoms with Crippen LogP contribution in [0.5, 0.6) is 17.2 Å². The van der Waals surface area contributed by atoms with Crippen molar-refractivity contribution in [2.75, 3.05) is 0 Å². The molecule has 69 heavy (non-hydrogen) atoms. The van der Waals surface area contributed by atoms with Crippen LogP contribution < -0.4 is 13.6 Å².